The van der Waals surface area contributed by atoms with Crippen molar-refractivity contribution in [2.45, 2.75) is 38.3 Å². The SMILES string of the molecule is O=C(NCc1cccnc1OC1CCCC1)c1ccsc1. The van der Waals surface area contributed by atoms with E-state index in [0.29, 0.717) is 18.0 Å². The maximum atomic E-state index is 12.0. The van der Waals surface area contributed by atoms with Crippen molar-refractivity contribution < 1.29 is 9.53 Å². The van der Waals surface area contributed by atoms with E-state index in [1.54, 1.807) is 6.20 Å². The van der Waals surface area contributed by atoms with Crippen LogP contribution < -0.4 is 10.1 Å². The maximum Gasteiger partial charge on any atom is 0.252 e. The van der Waals surface area contributed by atoms with Gasteiger partial charge in [-0.1, -0.05) is 6.07 Å². The first-order valence-corrected chi connectivity index (χ1v) is 8.18. The Morgan fingerprint density at radius 2 is 2.24 bits per heavy atom. The summed E-state index contributed by atoms with van der Waals surface area (Å²) in [6.45, 7) is 0.435. The van der Waals surface area contributed by atoms with Crippen LogP contribution in [-0.2, 0) is 6.54 Å². The molecule has 0 spiro atoms. The zero-order valence-electron chi connectivity index (χ0n) is 11.7. The van der Waals surface area contributed by atoms with Crippen LogP contribution in [0.25, 0.3) is 0 Å². The molecule has 0 radical (unpaired) electrons. The van der Waals surface area contributed by atoms with Gasteiger partial charge in [-0.2, -0.15) is 11.3 Å². The van der Waals surface area contributed by atoms with E-state index in [0.717, 1.165) is 18.4 Å². The Labute approximate surface area is 128 Å². The Kier molecular flexibility index (Phi) is 4.50. The molecule has 1 aliphatic carbocycles. The summed E-state index contributed by atoms with van der Waals surface area (Å²) in [6, 6.07) is 5.64. The molecule has 21 heavy (non-hydrogen) atoms. The van der Waals surface area contributed by atoms with Gasteiger partial charge in [-0.15, -0.1) is 0 Å². The van der Waals surface area contributed by atoms with Crippen LogP contribution in [0.2, 0.25) is 0 Å². The van der Waals surface area contributed by atoms with E-state index in [1.807, 2.05) is 29.0 Å². The van der Waals surface area contributed by atoms with E-state index in [2.05, 4.69) is 10.3 Å². The third-order valence-corrected chi connectivity index (χ3v) is 4.34. The molecule has 3 rings (SSSR count). The average molecular weight is 302 g/mol. The number of nitrogens with one attached hydrogen (secondary N) is 1. The fourth-order valence-corrected chi connectivity index (χ4v) is 3.14. The topological polar surface area (TPSA) is 51.2 Å². The predicted octanol–water partition coefficient (Wildman–Crippen LogP) is 3.39. The number of ether oxygens (including phenoxy) is 1. The third kappa shape index (κ3) is 3.61. The summed E-state index contributed by atoms with van der Waals surface area (Å²) in [4.78, 5) is 16.3. The molecule has 2 aromatic heterocycles. The van der Waals surface area contributed by atoms with Crippen molar-refractivity contribution in [1.29, 1.82) is 0 Å². The summed E-state index contributed by atoms with van der Waals surface area (Å²) in [6.07, 6.45) is 6.64. The zero-order valence-corrected chi connectivity index (χ0v) is 12.6. The number of nitrogens with zero attached hydrogens (tertiary/aromatic N) is 1. The van der Waals surface area contributed by atoms with Crippen molar-refractivity contribution >= 4 is 17.2 Å². The molecule has 0 saturated heterocycles. The van der Waals surface area contributed by atoms with Crippen molar-refractivity contribution in [3.63, 3.8) is 0 Å². The van der Waals surface area contributed by atoms with Gasteiger partial charge in [-0.3, -0.25) is 4.79 Å². The van der Waals surface area contributed by atoms with Gasteiger partial charge < -0.3 is 10.1 Å². The smallest absolute Gasteiger partial charge is 0.252 e. The maximum absolute atomic E-state index is 12.0. The molecule has 1 fully saturated rings. The van der Waals surface area contributed by atoms with E-state index >= 15 is 0 Å². The summed E-state index contributed by atoms with van der Waals surface area (Å²) in [7, 11) is 0. The van der Waals surface area contributed by atoms with Gasteiger partial charge in [-0.25, -0.2) is 4.98 Å². The number of hydrogen-bond donors (Lipinski definition) is 1. The normalized spacial score (nSPS) is 15.0. The number of carbonyl (C=O) groups excluding carboxylic acids is 1. The van der Waals surface area contributed by atoms with E-state index < -0.39 is 0 Å². The molecule has 1 amide bonds. The highest BCUT2D eigenvalue weighted by Crippen LogP contribution is 2.25. The summed E-state index contributed by atoms with van der Waals surface area (Å²) < 4.78 is 5.97. The van der Waals surface area contributed by atoms with Gasteiger partial charge in [0.25, 0.3) is 5.91 Å². The van der Waals surface area contributed by atoms with Crippen molar-refractivity contribution in [2.75, 3.05) is 0 Å². The molecule has 1 saturated carbocycles. The number of thiophene rings is 1. The van der Waals surface area contributed by atoms with E-state index in [-0.39, 0.29) is 12.0 Å². The van der Waals surface area contributed by atoms with Crippen LogP contribution in [-0.4, -0.2) is 17.0 Å². The molecule has 0 bridgehead atoms. The highest BCUT2D eigenvalue weighted by Gasteiger charge is 2.18. The molecule has 2 heterocycles. The first kappa shape index (κ1) is 14.1. The lowest BCUT2D eigenvalue weighted by molar-refractivity contribution is 0.0950. The van der Waals surface area contributed by atoms with Crippen LogP contribution in [0, 0.1) is 0 Å². The van der Waals surface area contributed by atoms with Crippen molar-refractivity contribution in [3.05, 3.63) is 46.3 Å². The Bertz CT molecular complexity index is 592. The van der Waals surface area contributed by atoms with Crippen LogP contribution in [0.15, 0.2) is 35.2 Å². The second-order valence-corrected chi connectivity index (χ2v) is 5.97. The second kappa shape index (κ2) is 6.72. The first-order valence-electron chi connectivity index (χ1n) is 7.24. The molecule has 5 heteroatoms. The van der Waals surface area contributed by atoms with Gasteiger partial charge in [0.15, 0.2) is 0 Å². The standard InChI is InChI=1S/C16H18N2O2S/c19-15(13-7-9-21-11-13)18-10-12-4-3-8-17-16(12)20-14-5-1-2-6-14/h3-4,7-9,11,14H,1-2,5-6,10H2,(H,18,19). The molecular weight excluding hydrogens is 284 g/mol. The molecule has 1 N–H and O–H groups in total. The first-order chi connectivity index (χ1) is 10.3. The molecule has 1 aliphatic rings. The van der Waals surface area contributed by atoms with E-state index in [9.17, 15) is 4.79 Å². The number of carbonyl (C=O) groups is 1. The van der Waals surface area contributed by atoms with Crippen LogP contribution in [0.1, 0.15) is 41.6 Å². The van der Waals surface area contributed by atoms with Crippen molar-refractivity contribution in [3.8, 4) is 5.88 Å². The van der Waals surface area contributed by atoms with Crippen LogP contribution >= 0.6 is 11.3 Å². The molecule has 0 aliphatic heterocycles. The highest BCUT2D eigenvalue weighted by molar-refractivity contribution is 7.08. The Morgan fingerprint density at radius 1 is 1.38 bits per heavy atom. The third-order valence-electron chi connectivity index (χ3n) is 3.65. The van der Waals surface area contributed by atoms with Gasteiger partial charge >= 0.3 is 0 Å². The average Bonchev–Trinajstić information content (AvgIpc) is 3.19. The molecular formula is C16H18N2O2S. The highest BCUT2D eigenvalue weighted by atomic mass is 32.1. The lowest BCUT2D eigenvalue weighted by atomic mass is 10.2. The molecule has 0 aromatic carbocycles. The predicted molar refractivity (Wildman–Crippen MR) is 82.6 cm³/mol. The van der Waals surface area contributed by atoms with Gasteiger partial charge in [0.05, 0.1) is 0 Å². The summed E-state index contributed by atoms with van der Waals surface area (Å²) in [5.41, 5.74) is 1.62. The minimum absolute atomic E-state index is 0.0630. The number of amides is 1. The molecule has 0 atom stereocenters. The quantitative estimate of drug-likeness (QED) is 0.921. The zero-order chi connectivity index (χ0) is 14.5. The van der Waals surface area contributed by atoms with Gasteiger partial charge in [0, 0.05) is 29.2 Å². The number of pyridine rings is 1. The van der Waals surface area contributed by atoms with E-state index in [1.165, 1.54) is 24.2 Å². The fourth-order valence-electron chi connectivity index (χ4n) is 2.50. The molecule has 0 unspecified atom stereocenters. The van der Waals surface area contributed by atoms with Crippen molar-refractivity contribution in [1.82, 2.24) is 10.3 Å². The monoisotopic (exact) mass is 302 g/mol. The second-order valence-electron chi connectivity index (χ2n) is 5.19. The van der Waals surface area contributed by atoms with Crippen LogP contribution in [0.3, 0.4) is 0 Å². The summed E-state index contributed by atoms with van der Waals surface area (Å²) in [5, 5.41) is 6.65. The Balaban J connectivity index is 1.63. The lowest BCUT2D eigenvalue weighted by Crippen LogP contribution is -2.23. The number of hydrogen-bond acceptors (Lipinski definition) is 4. The number of rotatable bonds is 5. The minimum Gasteiger partial charge on any atom is -0.474 e. The molecule has 110 valence electrons. The van der Waals surface area contributed by atoms with Gasteiger partial charge in [0.1, 0.15) is 6.10 Å². The fraction of sp³-hybridized carbons (Fsp3) is 0.375. The van der Waals surface area contributed by atoms with Gasteiger partial charge in [-0.05, 0) is 43.2 Å². The lowest BCUT2D eigenvalue weighted by Gasteiger charge is -2.15. The van der Waals surface area contributed by atoms with Crippen molar-refractivity contribution in [2.24, 2.45) is 0 Å². The Morgan fingerprint density at radius 3 is 3.00 bits per heavy atom. The molecule has 2 aromatic rings. The van der Waals surface area contributed by atoms with E-state index in [4.69, 9.17) is 4.74 Å². The van der Waals surface area contributed by atoms with Gasteiger partial charge in [0.2, 0.25) is 5.88 Å². The summed E-state index contributed by atoms with van der Waals surface area (Å²) >= 11 is 1.52. The van der Waals surface area contributed by atoms with Crippen LogP contribution in [0.4, 0.5) is 0 Å². The molecule has 4 nitrogen and oxygen atoms in total. The summed E-state index contributed by atoms with van der Waals surface area (Å²) in [5.74, 6) is 0.585. The van der Waals surface area contributed by atoms with Crippen LogP contribution in [0.5, 0.6) is 5.88 Å². The minimum atomic E-state index is -0.0630. The largest absolute Gasteiger partial charge is 0.474 e. The Hall–Kier alpha value is -1.88. The number of aromatic nitrogens is 1.